The molecule has 0 fully saturated rings. The molecule has 0 bridgehead atoms. The van der Waals surface area contributed by atoms with Gasteiger partial charge in [0.05, 0.1) is 19.1 Å². The lowest BCUT2D eigenvalue weighted by molar-refractivity contribution is -0.139. The number of amides is 1. The van der Waals surface area contributed by atoms with E-state index in [1.54, 1.807) is 24.3 Å². The van der Waals surface area contributed by atoms with Crippen LogP contribution in [0.1, 0.15) is 23.7 Å². The molecule has 20 heavy (non-hydrogen) atoms. The maximum Gasteiger partial charge on any atom is 0.306 e. The first-order valence-electron chi connectivity index (χ1n) is 6.32. The number of carboxylic acids is 1. The molecule has 0 saturated carbocycles. The fourth-order valence-electron chi connectivity index (χ4n) is 1.61. The van der Waals surface area contributed by atoms with Crippen molar-refractivity contribution in [3.63, 3.8) is 0 Å². The summed E-state index contributed by atoms with van der Waals surface area (Å²) in [5.41, 5.74) is 0.485. The molecule has 6 nitrogen and oxygen atoms in total. The molecular weight excluding hydrogens is 262 g/mol. The molecular formula is C14H19NO5. The maximum absolute atomic E-state index is 11.9. The van der Waals surface area contributed by atoms with Gasteiger partial charge in [0.25, 0.3) is 5.91 Å². The average molecular weight is 281 g/mol. The first kappa shape index (κ1) is 16.0. The maximum atomic E-state index is 11.9. The van der Waals surface area contributed by atoms with E-state index in [1.165, 1.54) is 7.11 Å². The van der Waals surface area contributed by atoms with Crippen LogP contribution in [0.15, 0.2) is 24.3 Å². The number of aliphatic carboxylic acids is 1. The largest absolute Gasteiger partial charge is 0.494 e. The number of benzene rings is 1. The van der Waals surface area contributed by atoms with E-state index in [2.05, 4.69) is 5.32 Å². The van der Waals surface area contributed by atoms with Crippen molar-refractivity contribution in [3.8, 4) is 5.75 Å². The van der Waals surface area contributed by atoms with E-state index in [4.69, 9.17) is 14.6 Å². The second kappa shape index (κ2) is 8.16. The SMILES string of the molecule is CCOc1ccc(C(=O)NCC(CC(=O)O)OC)cc1. The first-order valence-corrected chi connectivity index (χ1v) is 6.32. The quantitative estimate of drug-likeness (QED) is 0.750. The van der Waals surface area contributed by atoms with Crippen molar-refractivity contribution in [1.29, 1.82) is 0 Å². The molecule has 0 saturated heterocycles. The van der Waals surface area contributed by atoms with Gasteiger partial charge in [-0.2, -0.15) is 0 Å². The predicted octanol–water partition coefficient (Wildman–Crippen LogP) is 1.30. The Morgan fingerprint density at radius 1 is 1.30 bits per heavy atom. The first-order chi connectivity index (χ1) is 9.56. The summed E-state index contributed by atoms with van der Waals surface area (Å²) in [5, 5.41) is 11.3. The van der Waals surface area contributed by atoms with Gasteiger partial charge in [0.1, 0.15) is 5.75 Å². The highest BCUT2D eigenvalue weighted by Crippen LogP contribution is 2.12. The summed E-state index contributed by atoms with van der Waals surface area (Å²) >= 11 is 0. The van der Waals surface area contributed by atoms with Gasteiger partial charge >= 0.3 is 5.97 Å². The number of nitrogens with one attached hydrogen (secondary N) is 1. The number of hydrogen-bond acceptors (Lipinski definition) is 4. The van der Waals surface area contributed by atoms with Crippen LogP contribution in [0.5, 0.6) is 5.75 Å². The number of hydrogen-bond donors (Lipinski definition) is 2. The van der Waals surface area contributed by atoms with Gasteiger partial charge in [-0.1, -0.05) is 0 Å². The zero-order valence-electron chi connectivity index (χ0n) is 11.6. The van der Waals surface area contributed by atoms with Crippen LogP contribution in [-0.4, -0.2) is 43.3 Å². The zero-order valence-corrected chi connectivity index (χ0v) is 11.6. The molecule has 1 amide bonds. The van der Waals surface area contributed by atoms with Crippen LogP contribution < -0.4 is 10.1 Å². The van der Waals surface area contributed by atoms with Crippen molar-refractivity contribution < 1.29 is 24.2 Å². The number of carboxylic acid groups (broad SMARTS) is 1. The van der Waals surface area contributed by atoms with Gasteiger partial charge in [-0.15, -0.1) is 0 Å². The molecule has 0 heterocycles. The summed E-state index contributed by atoms with van der Waals surface area (Å²) in [6.07, 6.45) is -0.695. The number of carbonyl (C=O) groups is 2. The van der Waals surface area contributed by atoms with E-state index in [0.717, 1.165) is 0 Å². The molecule has 0 spiro atoms. The monoisotopic (exact) mass is 281 g/mol. The van der Waals surface area contributed by atoms with Crippen LogP contribution in [0.3, 0.4) is 0 Å². The lowest BCUT2D eigenvalue weighted by Gasteiger charge is -2.14. The topological polar surface area (TPSA) is 84.9 Å². The average Bonchev–Trinajstić information content (AvgIpc) is 2.44. The minimum atomic E-state index is -0.966. The second-order valence-corrected chi connectivity index (χ2v) is 4.12. The van der Waals surface area contributed by atoms with Gasteiger partial charge in [0, 0.05) is 19.2 Å². The van der Waals surface area contributed by atoms with Crippen LogP contribution in [0.2, 0.25) is 0 Å². The lowest BCUT2D eigenvalue weighted by Crippen LogP contribution is -2.34. The molecule has 110 valence electrons. The second-order valence-electron chi connectivity index (χ2n) is 4.12. The van der Waals surface area contributed by atoms with Crippen molar-refractivity contribution in [1.82, 2.24) is 5.32 Å². The van der Waals surface area contributed by atoms with Crippen LogP contribution in [-0.2, 0) is 9.53 Å². The highest BCUT2D eigenvalue weighted by molar-refractivity contribution is 5.94. The summed E-state index contributed by atoms with van der Waals surface area (Å²) in [5.74, 6) is -0.544. The van der Waals surface area contributed by atoms with Crippen LogP contribution in [0.4, 0.5) is 0 Å². The van der Waals surface area contributed by atoms with Gasteiger partial charge in [0.2, 0.25) is 0 Å². The van der Waals surface area contributed by atoms with Crippen LogP contribution >= 0.6 is 0 Å². The number of carbonyl (C=O) groups excluding carboxylic acids is 1. The fourth-order valence-corrected chi connectivity index (χ4v) is 1.61. The Morgan fingerprint density at radius 2 is 1.95 bits per heavy atom. The third-order valence-electron chi connectivity index (χ3n) is 2.65. The van der Waals surface area contributed by atoms with Crippen molar-refractivity contribution in [2.24, 2.45) is 0 Å². The minimum Gasteiger partial charge on any atom is -0.494 e. The summed E-state index contributed by atoms with van der Waals surface area (Å²) < 4.78 is 10.3. The molecule has 1 aromatic rings. The summed E-state index contributed by atoms with van der Waals surface area (Å²) in [7, 11) is 1.41. The summed E-state index contributed by atoms with van der Waals surface area (Å²) in [6.45, 7) is 2.60. The van der Waals surface area contributed by atoms with Crippen molar-refractivity contribution >= 4 is 11.9 Å². The summed E-state index contributed by atoms with van der Waals surface area (Å²) in [4.78, 5) is 22.4. The zero-order chi connectivity index (χ0) is 15.0. The Labute approximate surface area is 117 Å². The number of rotatable bonds is 8. The van der Waals surface area contributed by atoms with Gasteiger partial charge in [-0.05, 0) is 31.2 Å². The van der Waals surface area contributed by atoms with Crippen molar-refractivity contribution in [3.05, 3.63) is 29.8 Å². The standard InChI is InChI=1S/C14H19NO5/c1-3-20-11-6-4-10(5-7-11)14(18)15-9-12(19-2)8-13(16)17/h4-7,12H,3,8-9H2,1-2H3,(H,15,18)(H,16,17). The van der Waals surface area contributed by atoms with Gasteiger partial charge in [0.15, 0.2) is 0 Å². The van der Waals surface area contributed by atoms with E-state index < -0.39 is 12.1 Å². The van der Waals surface area contributed by atoms with E-state index in [1.807, 2.05) is 6.92 Å². The Hall–Kier alpha value is -2.08. The van der Waals surface area contributed by atoms with E-state index in [0.29, 0.717) is 17.9 Å². The molecule has 0 aliphatic carbocycles. The third-order valence-corrected chi connectivity index (χ3v) is 2.65. The molecule has 6 heteroatoms. The number of methoxy groups -OCH3 is 1. The molecule has 1 unspecified atom stereocenters. The smallest absolute Gasteiger partial charge is 0.306 e. The molecule has 1 rings (SSSR count). The Bertz CT molecular complexity index is 443. The van der Waals surface area contributed by atoms with E-state index in [9.17, 15) is 9.59 Å². The lowest BCUT2D eigenvalue weighted by atomic mass is 10.2. The van der Waals surface area contributed by atoms with E-state index in [-0.39, 0.29) is 18.9 Å². The van der Waals surface area contributed by atoms with Crippen molar-refractivity contribution in [2.45, 2.75) is 19.4 Å². The normalized spacial score (nSPS) is 11.7. The molecule has 0 aliphatic rings. The van der Waals surface area contributed by atoms with Crippen LogP contribution in [0.25, 0.3) is 0 Å². The highest BCUT2D eigenvalue weighted by Gasteiger charge is 2.14. The molecule has 1 atom stereocenters. The number of ether oxygens (including phenoxy) is 2. The van der Waals surface area contributed by atoms with Crippen LogP contribution in [0, 0.1) is 0 Å². The molecule has 0 aliphatic heterocycles. The molecule has 2 N–H and O–H groups in total. The van der Waals surface area contributed by atoms with E-state index >= 15 is 0 Å². The Balaban J connectivity index is 2.51. The molecule has 0 aromatic heterocycles. The Morgan fingerprint density at radius 3 is 2.45 bits per heavy atom. The van der Waals surface area contributed by atoms with Crippen molar-refractivity contribution in [2.75, 3.05) is 20.3 Å². The van der Waals surface area contributed by atoms with Gasteiger partial charge < -0.3 is 19.9 Å². The molecule has 1 aromatic carbocycles. The van der Waals surface area contributed by atoms with Gasteiger partial charge in [-0.3, -0.25) is 9.59 Å². The molecule has 0 radical (unpaired) electrons. The predicted molar refractivity (Wildman–Crippen MR) is 73.0 cm³/mol. The fraction of sp³-hybridized carbons (Fsp3) is 0.429. The van der Waals surface area contributed by atoms with Gasteiger partial charge in [-0.25, -0.2) is 0 Å². The Kier molecular flexibility index (Phi) is 6.52. The third kappa shape index (κ3) is 5.27. The summed E-state index contributed by atoms with van der Waals surface area (Å²) in [6, 6.07) is 6.73. The highest BCUT2D eigenvalue weighted by atomic mass is 16.5. The minimum absolute atomic E-state index is 0.148.